The zero-order chi connectivity index (χ0) is 28.6. The number of ether oxygens (including phenoxy) is 1. The van der Waals surface area contributed by atoms with Gasteiger partial charge in [-0.3, -0.25) is 5.10 Å². The predicted octanol–water partition coefficient (Wildman–Crippen LogP) is 7.22. The Labute approximate surface area is 244 Å². The predicted molar refractivity (Wildman–Crippen MR) is 166 cm³/mol. The molecule has 2 N–H and O–H groups in total. The number of para-hydroxylation sites is 2. The van der Waals surface area contributed by atoms with Crippen molar-refractivity contribution in [3.63, 3.8) is 0 Å². The number of carboxylic acid groups (broad SMARTS) is 1. The van der Waals surface area contributed by atoms with E-state index in [0.29, 0.717) is 44.8 Å². The molecule has 6 aromatic rings. The third kappa shape index (κ3) is 4.47. The molecule has 2 aromatic heterocycles. The number of aromatic amines is 1. The largest absolute Gasteiger partial charge is 0.493 e. The first-order chi connectivity index (χ1) is 20.6. The van der Waals surface area contributed by atoms with E-state index in [1.165, 1.54) is 0 Å². The number of hydrogen-bond donors (Lipinski definition) is 2. The number of fused-ring (bicyclic) bond motifs is 3. The van der Waals surface area contributed by atoms with Crippen LogP contribution in [-0.2, 0) is 19.5 Å². The molecule has 0 atom stereocenters. The molecule has 0 unspecified atom stereocenters. The quantitative estimate of drug-likeness (QED) is 0.203. The molecule has 4 aromatic carbocycles. The van der Waals surface area contributed by atoms with Gasteiger partial charge in [-0.05, 0) is 48.9 Å². The van der Waals surface area contributed by atoms with Crippen molar-refractivity contribution in [2.45, 2.75) is 32.9 Å². The Morgan fingerprint density at radius 3 is 2.55 bits per heavy atom. The average Bonchev–Trinajstić information content (AvgIpc) is 3.56. The van der Waals surface area contributed by atoms with Crippen LogP contribution in [0.4, 0.5) is 5.69 Å². The number of nitrogens with zero attached hydrogens (tertiary/aromatic N) is 3. The van der Waals surface area contributed by atoms with Crippen molar-refractivity contribution in [3.8, 4) is 16.9 Å². The van der Waals surface area contributed by atoms with Crippen LogP contribution in [0.5, 0.6) is 5.75 Å². The standard InChI is InChI=1S/C35H32N4O3/c1-23-32-29-16-8-15-27-28(17-9-21-42-31-18-7-11-24-10-5-6-14-26(24)31)34(35(40)41)39(33(27)29)20-19-38(22-30(32)37-36-23)25-12-3-2-4-13-25/h2-8,10-16,18H,9,17,19-22H2,1H3,(H,36,37)(H,40,41). The van der Waals surface area contributed by atoms with Crippen LogP contribution in [0.1, 0.15) is 33.9 Å². The van der Waals surface area contributed by atoms with E-state index in [-0.39, 0.29) is 0 Å². The molecule has 1 aliphatic rings. The number of nitrogens with one attached hydrogen (secondary N) is 1. The summed E-state index contributed by atoms with van der Waals surface area (Å²) in [6.07, 6.45) is 1.29. The van der Waals surface area contributed by atoms with Crippen LogP contribution in [0, 0.1) is 6.92 Å². The Kier molecular flexibility index (Phi) is 6.62. The number of rotatable bonds is 7. The molecular weight excluding hydrogens is 524 g/mol. The van der Waals surface area contributed by atoms with E-state index in [2.05, 4.69) is 57.6 Å². The van der Waals surface area contributed by atoms with E-state index in [9.17, 15) is 9.90 Å². The van der Waals surface area contributed by atoms with Gasteiger partial charge in [-0.25, -0.2) is 4.79 Å². The van der Waals surface area contributed by atoms with Crippen molar-refractivity contribution >= 4 is 33.3 Å². The molecule has 7 nitrogen and oxygen atoms in total. The maximum absolute atomic E-state index is 12.9. The molecule has 0 radical (unpaired) electrons. The number of aryl methyl sites for hydroxylation is 2. The highest BCUT2D eigenvalue weighted by Gasteiger charge is 2.28. The first kappa shape index (κ1) is 25.9. The number of aromatic carboxylic acids is 1. The molecule has 0 saturated heterocycles. The first-order valence-corrected chi connectivity index (χ1v) is 14.4. The number of H-pyrrole nitrogens is 1. The molecule has 42 heavy (non-hydrogen) atoms. The lowest BCUT2D eigenvalue weighted by Crippen LogP contribution is -2.27. The van der Waals surface area contributed by atoms with Crippen molar-refractivity contribution in [1.82, 2.24) is 14.8 Å². The number of hydrogen-bond acceptors (Lipinski definition) is 4. The second-order valence-electron chi connectivity index (χ2n) is 10.8. The highest BCUT2D eigenvalue weighted by atomic mass is 16.5. The highest BCUT2D eigenvalue weighted by molar-refractivity contribution is 6.04. The third-order valence-electron chi connectivity index (χ3n) is 8.32. The Hall–Kier alpha value is -5.04. The van der Waals surface area contributed by atoms with Crippen LogP contribution < -0.4 is 9.64 Å². The summed E-state index contributed by atoms with van der Waals surface area (Å²) in [5, 5.41) is 21.6. The first-order valence-electron chi connectivity index (χ1n) is 14.4. The second-order valence-corrected chi connectivity index (χ2v) is 10.8. The average molecular weight is 557 g/mol. The van der Waals surface area contributed by atoms with Crippen LogP contribution in [0.25, 0.3) is 32.8 Å². The van der Waals surface area contributed by atoms with Gasteiger partial charge in [-0.15, -0.1) is 0 Å². The number of aromatic nitrogens is 3. The van der Waals surface area contributed by atoms with Gasteiger partial charge in [-0.2, -0.15) is 5.10 Å². The lowest BCUT2D eigenvalue weighted by Gasteiger charge is -2.24. The van der Waals surface area contributed by atoms with Crippen molar-refractivity contribution in [3.05, 3.63) is 114 Å². The minimum absolute atomic E-state index is 0.361. The van der Waals surface area contributed by atoms with Gasteiger partial charge in [0.2, 0.25) is 0 Å². The lowest BCUT2D eigenvalue weighted by atomic mass is 9.98. The SMILES string of the molecule is Cc1n[nH]c2c1-c1cccc3c(CCCOc4cccc5ccccc45)c(C(=O)O)n(c13)CCN(c1ccccc1)C2. The van der Waals surface area contributed by atoms with Crippen molar-refractivity contribution in [1.29, 1.82) is 0 Å². The Balaban J connectivity index is 1.27. The molecule has 7 rings (SSSR count). The number of carbonyl (C=O) groups is 1. The molecule has 0 saturated carbocycles. The molecular formula is C35H32N4O3. The molecule has 0 spiro atoms. The molecule has 210 valence electrons. The van der Waals surface area contributed by atoms with E-state index in [4.69, 9.17) is 4.74 Å². The smallest absolute Gasteiger partial charge is 0.352 e. The maximum atomic E-state index is 12.9. The Morgan fingerprint density at radius 2 is 1.69 bits per heavy atom. The zero-order valence-corrected chi connectivity index (χ0v) is 23.5. The molecule has 3 heterocycles. The minimum atomic E-state index is -0.906. The molecule has 0 bridgehead atoms. The summed E-state index contributed by atoms with van der Waals surface area (Å²) in [5.41, 5.74) is 7.26. The number of carboxylic acids is 1. The molecule has 0 fully saturated rings. The molecule has 0 amide bonds. The Bertz CT molecular complexity index is 1920. The van der Waals surface area contributed by atoms with Gasteiger partial charge in [0, 0.05) is 40.7 Å². The topological polar surface area (TPSA) is 83.4 Å². The molecule has 0 aliphatic carbocycles. The summed E-state index contributed by atoms with van der Waals surface area (Å²) in [5.74, 6) is -0.0563. The van der Waals surface area contributed by atoms with E-state index in [1.54, 1.807) is 0 Å². The fraction of sp³-hybridized carbons (Fsp3) is 0.200. The van der Waals surface area contributed by atoms with Gasteiger partial charge in [0.15, 0.2) is 0 Å². The second kappa shape index (κ2) is 10.7. The molecule has 7 heteroatoms. The summed E-state index contributed by atoms with van der Waals surface area (Å²) >= 11 is 0. The maximum Gasteiger partial charge on any atom is 0.352 e. The summed E-state index contributed by atoms with van der Waals surface area (Å²) in [6.45, 7) is 4.36. The van der Waals surface area contributed by atoms with Gasteiger partial charge in [0.1, 0.15) is 11.4 Å². The fourth-order valence-corrected chi connectivity index (χ4v) is 6.46. The van der Waals surface area contributed by atoms with Crippen LogP contribution in [-0.4, -0.2) is 39.0 Å². The van der Waals surface area contributed by atoms with Gasteiger partial charge in [-0.1, -0.05) is 72.8 Å². The fourth-order valence-electron chi connectivity index (χ4n) is 6.46. The van der Waals surface area contributed by atoms with Crippen molar-refractivity contribution < 1.29 is 14.6 Å². The van der Waals surface area contributed by atoms with Crippen LogP contribution in [0.15, 0.2) is 91.0 Å². The van der Waals surface area contributed by atoms with Crippen LogP contribution in [0.2, 0.25) is 0 Å². The third-order valence-corrected chi connectivity index (χ3v) is 8.32. The van der Waals surface area contributed by atoms with E-state index in [1.807, 2.05) is 60.0 Å². The van der Waals surface area contributed by atoms with E-state index in [0.717, 1.165) is 61.2 Å². The zero-order valence-electron chi connectivity index (χ0n) is 23.5. The monoisotopic (exact) mass is 556 g/mol. The van der Waals surface area contributed by atoms with Gasteiger partial charge < -0.3 is 19.3 Å². The van der Waals surface area contributed by atoms with E-state index < -0.39 is 5.97 Å². The normalized spacial score (nSPS) is 13.0. The van der Waals surface area contributed by atoms with Crippen molar-refractivity contribution in [2.24, 2.45) is 0 Å². The van der Waals surface area contributed by atoms with Crippen molar-refractivity contribution in [2.75, 3.05) is 18.1 Å². The van der Waals surface area contributed by atoms with Crippen LogP contribution in [0.3, 0.4) is 0 Å². The van der Waals surface area contributed by atoms with Crippen LogP contribution >= 0.6 is 0 Å². The number of benzene rings is 4. The van der Waals surface area contributed by atoms with Gasteiger partial charge in [0.05, 0.1) is 30.1 Å². The summed E-state index contributed by atoms with van der Waals surface area (Å²) in [4.78, 5) is 15.2. The summed E-state index contributed by atoms with van der Waals surface area (Å²) < 4.78 is 8.24. The number of anilines is 1. The highest BCUT2D eigenvalue weighted by Crippen LogP contribution is 2.39. The van der Waals surface area contributed by atoms with Gasteiger partial charge in [0.25, 0.3) is 0 Å². The molecule has 1 aliphatic heterocycles. The lowest BCUT2D eigenvalue weighted by molar-refractivity contribution is 0.0684. The minimum Gasteiger partial charge on any atom is -0.493 e. The van der Waals surface area contributed by atoms with Gasteiger partial charge >= 0.3 is 5.97 Å². The summed E-state index contributed by atoms with van der Waals surface area (Å²) in [7, 11) is 0. The van der Waals surface area contributed by atoms with E-state index >= 15 is 0 Å². The Morgan fingerprint density at radius 1 is 0.929 bits per heavy atom. The summed E-state index contributed by atoms with van der Waals surface area (Å²) in [6, 6.07) is 30.7.